The number of H-pyrrole nitrogens is 1. The van der Waals surface area contributed by atoms with E-state index in [0.717, 1.165) is 21.2 Å². The lowest BCUT2D eigenvalue weighted by atomic mass is 10.1. The van der Waals surface area contributed by atoms with Crippen molar-refractivity contribution in [2.75, 3.05) is 26.6 Å². The predicted octanol–water partition coefficient (Wildman–Crippen LogP) is 4.67. The van der Waals surface area contributed by atoms with Gasteiger partial charge in [-0.3, -0.25) is 10.1 Å². The van der Waals surface area contributed by atoms with Gasteiger partial charge >= 0.3 is 0 Å². The van der Waals surface area contributed by atoms with E-state index in [0.29, 0.717) is 33.6 Å². The highest BCUT2D eigenvalue weighted by molar-refractivity contribution is 7.22. The van der Waals surface area contributed by atoms with E-state index in [1.165, 1.54) is 16.9 Å². The van der Waals surface area contributed by atoms with E-state index in [1.807, 2.05) is 13.8 Å². The Labute approximate surface area is 171 Å². The molecular formula is C21H21N3O4S. The van der Waals surface area contributed by atoms with Crippen molar-refractivity contribution in [3.63, 3.8) is 0 Å². The Bertz CT molecular complexity index is 1240. The molecule has 0 aliphatic heterocycles. The van der Waals surface area contributed by atoms with Crippen LogP contribution in [0.4, 0.5) is 5.13 Å². The highest BCUT2D eigenvalue weighted by Crippen LogP contribution is 2.41. The van der Waals surface area contributed by atoms with Crippen LogP contribution in [0.1, 0.15) is 21.6 Å². The largest absolute Gasteiger partial charge is 0.496 e. The first-order chi connectivity index (χ1) is 13.9. The number of aromatic nitrogens is 2. The van der Waals surface area contributed by atoms with E-state index >= 15 is 0 Å². The van der Waals surface area contributed by atoms with E-state index < -0.39 is 0 Å². The molecule has 4 rings (SSSR count). The van der Waals surface area contributed by atoms with Crippen molar-refractivity contribution in [2.24, 2.45) is 0 Å². The summed E-state index contributed by atoms with van der Waals surface area (Å²) in [6.07, 6.45) is 0. The summed E-state index contributed by atoms with van der Waals surface area (Å²) >= 11 is 1.45. The molecule has 0 saturated heterocycles. The van der Waals surface area contributed by atoms with Crippen molar-refractivity contribution in [1.29, 1.82) is 0 Å². The van der Waals surface area contributed by atoms with Gasteiger partial charge in [0.05, 0.1) is 37.1 Å². The van der Waals surface area contributed by atoms with Crippen LogP contribution in [0.5, 0.6) is 17.2 Å². The molecule has 0 fully saturated rings. The molecule has 0 atom stereocenters. The smallest absolute Gasteiger partial charge is 0.273 e. The van der Waals surface area contributed by atoms with Gasteiger partial charge < -0.3 is 19.2 Å². The molecule has 2 aromatic carbocycles. The maximum absolute atomic E-state index is 12.9. The van der Waals surface area contributed by atoms with Crippen LogP contribution in [0.2, 0.25) is 0 Å². The first kappa shape index (κ1) is 19.1. The number of methoxy groups -OCH3 is 3. The quantitative estimate of drug-likeness (QED) is 0.498. The summed E-state index contributed by atoms with van der Waals surface area (Å²) in [7, 11) is 4.67. The van der Waals surface area contributed by atoms with Crippen molar-refractivity contribution < 1.29 is 19.0 Å². The number of nitrogens with one attached hydrogen (secondary N) is 2. The number of anilines is 1. The van der Waals surface area contributed by atoms with Gasteiger partial charge in [-0.1, -0.05) is 17.4 Å². The number of hydrogen-bond donors (Lipinski definition) is 2. The molecule has 0 radical (unpaired) electrons. The molecule has 29 heavy (non-hydrogen) atoms. The standard InChI is InChI=1S/C21H21N3O4S/c1-10-6-11(2)17-16(7-10)29-21(23-17)24-20(25)13-8-12-14(26-3)9-15(27-4)19(28-5)18(12)22-13/h6-9,22H,1-5H3,(H,23,24,25). The lowest BCUT2D eigenvalue weighted by molar-refractivity contribution is 0.102. The third-order valence-corrected chi connectivity index (χ3v) is 5.65. The predicted molar refractivity (Wildman–Crippen MR) is 115 cm³/mol. The first-order valence-corrected chi connectivity index (χ1v) is 9.77. The molecule has 0 aliphatic carbocycles. The molecule has 0 bridgehead atoms. The number of benzene rings is 2. The minimum Gasteiger partial charge on any atom is -0.496 e. The molecule has 0 aliphatic rings. The van der Waals surface area contributed by atoms with Crippen molar-refractivity contribution in [1.82, 2.24) is 9.97 Å². The second-order valence-corrected chi connectivity index (χ2v) is 7.72. The maximum atomic E-state index is 12.9. The number of thiazole rings is 1. The molecule has 4 aromatic rings. The molecule has 1 amide bonds. The number of rotatable bonds is 5. The zero-order chi connectivity index (χ0) is 20.7. The number of amides is 1. The molecule has 0 unspecified atom stereocenters. The van der Waals surface area contributed by atoms with E-state index in [9.17, 15) is 4.79 Å². The van der Waals surface area contributed by atoms with E-state index in [-0.39, 0.29) is 5.91 Å². The van der Waals surface area contributed by atoms with Crippen LogP contribution in [-0.2, 0) is 0 Å². The topological polar surface area (TPSA) is 85.5 Å². The minimum atomic E-state index is -0.294. The lowest BCUT2D eigenvalue weighted by Gasteiger charge is -2.11. The number of carbonyl (C=O) groups excluding carboxylic acids is 1. The summed E-state index contributed by atoms with van der Waals surface area (Å²) in [6, 6.07) is 7.61. The highest BCUT2D eigenvalue weighted by Gasteiger charge is 2.20. The normalized spacial score (nSPS) is 11.1. The van der Waals surface area contributed by atoms with Crippen molar-refractivity contribution >= 4 is 43.5 Å². The summed E-state index contributed by atoms with van der Waals surface area (Å²) < 4.78 is 17.3. The molecule has 0 spiro atoms. The van der Waals surface area contributed by atoms with Gasteiger partial charge in [0.2, 0.25) is 0 Å². The van der Waals surface area contributed by atoms with Gasteiger partial charge in [-0.15, -0.1) is 0 Å². The number of carbonyl (C=O) groups is 1. The zero-order valence-electron chi connectivity index (χ0n) is 16.8. The summed E-state index contributed by atoms with van der Waals surface area (Å²) in [4.78, 5) is 20.6. The number of fused-ring (bicyclic) bond motifs is 2. The molecule has 2 heterocycles. The van der Waals surface area contributed by atoms with Gasteiger partial charge in [-0.05, 0) is 37.1 Å². The van der Waals surface area contributed by atoms with Crippen molar-refractivity contribution in [3.05, 3.63) is 41.1 Å². The molecule has 2 aromatic heterocycles. The van der Waals surface area contributed by atoms with E-state index in [1.54, 1.807) is 33.5 Å². The van der Waals surface area contributed by atoms with Crippen LogP contribution in [-0.4, -0.2) is 37.2 Å². The SMILES string of the molecule is COc1cc(OC)c2cc(C(=O)Nc3nc4c(C)cc(C)cc4s3)[nH]c2c1OC. The number of nitrogens with zero attached hydrogens (tertiary/aromatic N) is 1. The van der Waals surface area contributed by atoms with Crippen LogP contribution in [0.3, 0.4) is 0 Å². The minimum absolute atomic E-state index is 0.294. The molecular weight excluding hydrogens is 390 g/mol. The Morgan fingerprint density at radius 2 is 1.79 bits per heavy atom. The van der Waals surface area contributed by atoms with Gasteiger partial charge in [0.15, 0.2) is 16.6 Å². The number of hydrogen-bond acceptors (Lipinski definition) is 6. The Hall–Kier alpha value is -3.26. The number of aryl methyl sites for hydroxylation is 2. The first-order valence-electron chi connectivity index (χ1n) is 8.96. The van der Waals surface area contributed by atoms with E-state index in [4.69, 9.17) is 14.2 Å². The van der Waals surface area contributed by atoms with Crippen LogP contribution in [0.15, 0.2) is 24.3 Å². The Morgan fingerprint density at radius 1 is 1.03 bits per heavy atom. The van der Waals surface area contributed by atoms with E-state index in [2.05, 4.69) is 27.4 Å². The molecule has 2 N–H and O–H groups in total. The second-order valence-electron chi connectivity index (χ2n) is 6.69. The molecule has 0 saturated carbocycles. The Balaban J connectivity index is 1.73. The summed E-state index contributed by atoms with van der Waals surface area (Å²) in [5, 5.41) is 4.16. The number of aromatic amines is 1. The summed E-state index contributed by atoms with van der Waals surface area (Å²) in [5.41, 5.74) is 4.16. The molecule has 8 heteroatoms. The van der Waals surface area contributed by atoms with Crippen LogP contribution in [0.25, 0.3) is 21.1 Å². The van der Waals surface area contributed by atoms with Gasteiger partial charge in [0, 0.05) is 11.5 Å². The van der Waals surface area contributed by atoms with Gasteiger partial charge in [-0.2, -0.15) is 0 Å². The Kier molecular flexibility index (Phi) is 4.79. The van der Waals surface area contributed by atoms with Crippen molar-refractivity contribution in [2.45, 2.75) is 13.8 Å². The Morgan fingerprint density at radius 3 is 2.48 bits per heavy atom. The van der Waals surface area contributed by atoms with Gasteiger partial charge in [-0.25, -0.2) is 4.98 Å². The zero-order valence-corrected chi connectivity index (χ0v) is 17.6. The third kappa shape index (κ3) is 3.25. The highest BCUT2D eigenvalue weighted by atomic mass is 32.1. The molecule has 7 nitrogen and oxygen atoms in total. The monoisotopic (exact) mass is 411 g/mol. The summed E-state index contributed by atoms with van der Waals surface area (Å²) in [6.45, 7) is 4.06. The maximum Gasteiger partial charge on any atom is 0.273 e. The average Bonchev–Trinajstić information content (AvgIpc) is 3.30. The lowest BCUT2D eigenvalue weighted by Crippen LogP contribution is -2.11. The molecule has 150 valence electrons. The summed E-state index contributed by atoms with van der Waals surface area (Å²) in [5.74, 6) is 1.31. The average molecular weight is 411 g/mol. The van der Waals surface area contributed by atoms with Gasteiger partial charge in [0.25, 0.3) is 5.91 Å². The van der Waals surface area contributed by atoms with Crippen LogP contribution in [0, 0.1) is 13.8 Å². The fraction of sp³-hybridized carbons (Fsp3) is 0.238. The third-order valence-electron chi connectivity index (χ3n) is 4.74. The van der Waals surface area contributed by atoms with Crippen molar-refractivity contribution in [3.8, 4) is 17.2 Å². The fourth-order valence-electron chi connectivity index (χ4n) is 3.45. The van der Waals surface area contributed by atoms with Crippen LogP contribution < -0.4 is 19.5 Å². The van der Waals surface area contributed by atoms with Gasteiger partial charge in [0.1, 0.15) is 11.4 Å². The number of ether oxygens (including phenoxy) is 3. The fourth-order valence-corrected chi connectivity index (χ4v) is 4.48. The van der Waals surface area contributed by atoms with Crippen LogP contribution >= 0.6 is 11.3 Å². The second kappa shape index (κ2) is 7.29.